The van der Waals surface area contributed by atoms with Crippen molar-refractivity contribution in [2.24, 2.45) is 0 Å². The van der Waals surface area contributed by atoms with Gasteiger partial charge in [-0.15, -0.1) is 0 Å². The molecule has 0 aliphatic carbocycles. The second-order valence-electron chi connectivity index (χ2n) is 6.48. The second-order valence-corrected chi connectivity index (χ2v) is 6.48. The summed E-state index contributed by atoms with van der Waals surface area (Å²) in [6.07, 6.45) is 0.487. The Balaban J connectivity index is 2.49. The lowest BCUT2D eigenvalue weighted by atomic mass is 9.86. The molecule has 3 nitrogen and oxygen atoms in total. The third-order valence-corrected chi connectivity index (χ3v) is 3.58. The molecule has 0 fully saturated rings. The van der Waals surface area contributed by atoms with Crippen molar-refractivity contribution in [1.29, 1.82) is 0 Å². The van der Waals surface area contributed by atoms with Crippen molar-refractivity contribution in [3.8, 4) is 0 Å². The molecule has 3 heteroatoms. The average molecular weight is 279 g/mol. The fourth-order valence-electron chi connectivity index (χ4n) is 2.03. The normalized spacial score (nSPS) is 15.1. The van der Waals surface area contributed by atoms with Crippen LogP contribution < -0.4 is 5.32 Å². The number of rotatable bonds is 7. The monoisotopic (exact) mass is 279 g/mol. The van der Waals surface area contributed by atoms with Gasteiger partial charge in [-0.25, -0.2) is 0 Å². The molecule has 0 radical (unpaired) electrons. The largest absolute Gasteiger partial charge is 0.387 e. The molecule has 2 N–H and O–H groups in total. The van der Waals surface area contributed by atoms with E-state index in [1.807, 2.05) is 12.1 Å². The molecule has 0 aromatic heterocycles. The second kappa shape index (κ2) is 7.77. The van der Waals surface area contributed by atoms with Gasteiger partial charge in [-0.3, -0.25) is 0 Å². The van der Waals surface area contributed by atoms with Crippen LogP contribution in [0.3, 0.4) is 0 Å². The number of aliphatic hydroxyl groups is 1. The van der Waals surface area contributed by atoms with Gasteiger partial charge in [0.1, 0.15) is 0 Å². The predicted octanol–water partition coefficient (Wildman–Crippen LogP) is 3.03. The Morgan fingerprint density at radius 1 is 1.20 bits per heavy atom. The molecule has 1 aromatic rings. The molecule has 0 amide bonds. The van der Waals surface area contributed by atoms with Gasteiger partial charge in [-0.05, 0) is 29.9 Å². The summed E-state index contributed by atoms with van der Waals surface area (Å²) < 4.78 is 5.05. The highest BCUT2D eigenvalue weighted by Crippen LogP contribution is 2.23. The zero-order valence-electron chi connectivity index (χ0n) is 13.4. The summed E-state index contributed by atoms with van der Waals surface area (Å²) in [5.74, 6) is 0. The third-order valence-electron chi connectivity index (χ3n) is 3.58. The first-order valence-electron chi connectivity index (χ1n) is 7.35. The minimum atomic E-state index is -0.464. The molecule has 0 spiro atoms. The van der Waals surface area contributed by atoms with Crippen molar-refractivity contribution in [2.75, 3.05) is 20.3 Å². The van der Waals surface area contributed by atoms with Gasteiger partial charge in [-0.2, -0.15) is 0 Å². The van der Waals surface area contributed by atoms with E-state index < -0.39 is 6.10 Å². The Morgan fingerprint density at radius 3 is 2.30 bits per heavy atom. The smallest absolute Gasteiger partial charge is 0.0914 e. The minimum absolute atomic E-state index is 0.149. The highest BCUT2D eigenvalue weighted by Gasteiger charge is 2.14. The summed E-state index contributed by atoms with van der Waals surface area (Å²) >= 11 is 0. The standard InChI is InChI=1S/C17H29NO2/c1-13(10-11-20-5)18-12-16(19)14-6-8-15(9-7-14)17(2,3)4/h6-9,13,16,18-19H,10-12H2,1-5H3. The molecule has 1 aromatic carbocycles. The topological polar surface area (TPSA) is 41.5 Å². The van der Waals surface area contributed by atoms with E-state index in [9.17, 15) is 5.11 Å². The van der Waals surface area contributed by atoms with Crippen LogP contribution in [0.25, 0.3) is 0 Å². The Labute approximate surface area is 123 Å². The molecule has 20 heavy (non-hydrogen) atoms. The summed E-state index contributed by atoms with van der Waals surface area (Å²) in [5.41, 5.74) is 2.40. The fourth-order valence-corrected chi connectivity index (χ4v) is 2.03. The zero-order chi connectivity index (χ0) is 15.2. The summed E-state index contributed by atoms with van der Waals surface area (Å²) in [7, 11) is 1.71. The van der Waals surface area contributed by atoms with Crippen molar-refractivity contribution in [3.05, 3.63) is 35.4 Å². The number of hydrogen-bond donors (Lipinski definition) is 2. The van der Waals surface area contributed by atoms with Crippen LogP contribution in [0.5, 0.6) is 0 Å². The first-order chi connectivity index (χ1) is 9.34. The quantitative estimate of drug-likeness (QED) is 0.806. The maximum Gasteiger partial charge on any atom is 0.0914 e. The van der Waals surface area contributed by atoms with Crippen LogP contribution in [0.1, 0.15) is 51.3 Å². The molecule has 0 saturated heterocycles. The van der Waals surface area contributed by atoms with Gasteiger partial charge in [-0.1, -0.05) is 45.0 Å². The van der Waals surface area contributed by atoms with Crippen molar-refractivity contribution < 1.29 is 9.84 Å². The van der Waals surface area contributed by atoms with E-state index in [1.165, 1.54) is 5.56 Å². The lowest BCUT2D eigenvalue weighted by Crippen LogP contribution is -2.31. The SMILES string of the molecule is COCCC(C)NCC(O)c1ccc(C(C)(C)C)cc1. The third kappa shape index (κ3) is 5.61. The van der Waals surface area contributed by atoms with E-state index in [0.29, 0.717) is 12.6 Å². The van der Waals surface area contributed by atoms with Gasteiger partial charge in [0.15, 0.2) is 0 Å². The number of nitrogens with one attached hydrogen (secondary N) is 1. The number of methoxy groups -OCH3 is 1. The van der Waals surface area contributed by atoms with Crippen LogP contribution >= 0.6 is 0 Å². The predicted molar refractivity (Wildman–Crippen MR) is 84.1 cm³/mol. The first kappa shape index (κ1) is 17.2. The lowest BCUT2D eigenvalue weighted by Gasteiger charge is -2.21. The number of benzene rings is 1. The summed E-state index contributed by atoms with van der Waals surface area (Å²) in [4.78, 5) is 0. The van der Waals surface area contributed by atoms with Crippen molar-refractivity contribution >= 4 is 0 Å². The van der Waals surface area contributed by atoms with E-state index in [0.717, 1.165) is 18.6 Å². The zero-order valence-corrected chi connectivity index (χ0v) is 13.4. The molecular weight excluding hydrogens is 250 g/mol. The average Bonchev–Trinajstić information content (AvgIpc) is 2.41. The van der Waals surface area contributed by atoms with E-state index in [4.69, 9.17) is 4.74 Å². The number of aliphatic hydroxyl groups excluding tert-OH is 1. The van der Waals surface area contributed by atoms with Crippen molar-refractivity contribution in [2.45, 2.75) is 51.7 Å². The van der Waals surface area contributed by atoms with Gasteiger partial charge >= 0.3 is 0 Å². The molecule has 0 aliphatic heterocycles. The van der Waals surface area contributed by atoms with Gasteiger partial charge < -0.3 is 15.2 Å². The molecular formula is C17H29NO2. The minimum Gasteiger partial charge on any atom is -0.387 e. The molecule has 2 atom stereocenters. The van der Waals surface area contributed by atoms with Crippen LogP contribution in [-0.4, -0.2) is 31.4 Å². The Bertz CT molecular complexity index is 381. The van der Waals surface area contributed by atoms with Crippen LogP contribution in [0.2, 0.25) is 0 Å². The summed E-state index contributed by atoms with van der Waals surface area (Å²) in [6.45, 7) is 9.99. The maximum atomic E-state index is 10.2. The fraction of sp³-hybridized carbons (Fsp3) is 0.647. The number of hydrogen-bond acceptors (Lipinski definition) is 3. The van der Waals surface area contributed by atoms with Gasteiger partial charge in [0.05, 0.1) is 6.10 Å². The van der Waals surface area contributed by atoms with Gasteiger partial charge in [0.2, 0.25) is 0 Å². The van der Waals surface area contributed by atoms with Crippen LogP contribution in [-0.2, 0) is 10.2 Å². The van der Waals surface area contributed by atoms with Crippen LogP contribution in [0.15, 0.2) is 24.3 Å². The molecule has 0 saturated carbocycles. The lowest BCUT2D eigenvalue weighted by molar-refractivity contribution is 0.158. The summed E-state index contributed by atoms with van der Waals surface area (Å²) in [6, 6.07) is 8.60. The Kier molecular flexibility index (Phi) is 6.66. The van der Waals surface area contributed by atoms with E-state index in [1.54, 1.807) is 7.11 Å². The van der Waals surface area contributed by atoms with E-state index >= 15 is 0 Å². The molecule has 114 valence electrons. The molecule has 2 unspecified atom stereocenters. The number of ether oxygens (including phenoxy) is 1. The van der Waals surface area contributed by atoms with Crippen LogP contribution in [0.4, 0.5) is 0 Å². The van der Waals surface area contributed by atoms with Gasteiger partial charge in [0, 0.05) is 26.3 Å². The Hall–Kier alpha value is -0.900. The highest BCUT2D eigenvalue weighted by molar-refractivity contribution is 5.28. The molecule has 0 bridgehead atoms. The van der Waals surface area contributed by atoms with Gasteiger partial charge in [0.25, 0.3) is 0 Å². The molecule has 0 heterocycles. The van der Waals surface area contributed by atoms with Crippen molar-refractivity contribution in [1.82, 2.24) is 5.32 Å². The van der Waals surface area contributed by atoms with E-state index in [-0.39, 0.29) is 5.41 Å². The molecule has 0 aliphatic rings. The van der Waals surface area contributed by atoms with Crippen molar-refractivity contribution in [3.63, 3.8) is 0 Å². The first-order valence-corrected chi connectivity index (χ1v) is 7.35. The molecule has 1 rings (SSSR count). The highest BCUT2D eigenvalue weighted by atomic mass is 16.5. The van der Waals surface area contributed by atoms with E-state index in [2.05, 4.69) is 45.1 Å². The van der Waals surface area contributed by atoms with Crippen LogP contribution in [0, 0.1) is 0 Å². The maximum absolute atomic E-state index is 10.2. The Morgan fingerprint density at radius 2 is 1.80 bits per heavy atom. The summed E-state index contributed by atoms with van der Waals surface area (Å²) in [5, 5.41) is 13.5.